The van der Waals surface area contributed by atoms with Gasteiger partial charge in [0.15, 0.2) is 0 Å². The van der Waals surface area contributed by atoms with Gasteiger partial charge in [0.05, 0.1) is 10.6 Å². The van der Waals surface area contributed by atoms with Gasteiger partial charge in [0.2, 0.25) is 0 Å². The third-order valence-electron chi connectivity index (χ3n) is 2.91. The molecule has 0 fully saturated rings. The van der Waals surface area contributed by atoms with E-state index < -0.39 is 0 Å². The Hall–Kier alpha value is -0.900. The highest BCUT2D eigenvalue weighted by Gasteiger charge is 2.14. The quantitative estimate of drug-likeness (QED) is 0.722. The SMILES string of the molecule is CCCN(CC)CCNc1sc(C#N)c(N)c1SC. The monoisotopic (exact) mass is 298 g/mol. The van der Waals surface area contributed by atoms with E-state index in [0.29, 0.717) is 10.6 Å². The van der Waals surface area contributed by atoms with E-state index >= 15 is 0 Å². The number of rotatable bonds is 8. The van der Waals surface area contributed by atoms with Crippen molar-refractivity contribution in [3.05, 3.63) is 4.88 Å². The number of likely N-dealkylation sites (N-methyl/N-ethyl adjacent to an activating group) is 1. The lowest BCUT2D eigenvalue weighted by atomic mass is 10.4. The summed E-state index contributed by atoms with van der Waals surface area (Å²) in [7, 11) is 0. The summed E-state index contributed by atoms with van der Waals surface area (Å²) in [6.45, 7) is 8.47. The number of nitrogens with two attached hydrogens (primary N) is 1. The zero-order valence-electron chi connectivity index (χ0n) is 11.8. The molecule has 0 aromatic carbocycles. The van der Waals surface area contributed by atoms with E-state index in [4.69, 9.17) is 11.0 Å². The molecule has 1 heterocycles. The normalized spacial score (nSPS) is 10.7. The lowest BCUT2D eigenvalue weighted by molar-refractivity contribution is 0.300. The number of nitrogen functional groups attached to an aromatic ring is 1. The van der Waals surface area contributed by atoms with E-state index in [1.165, 1.54) is 17.8 Å². The van der Waals surface area contributed by atoms with Crippen molar-refractivity contribution in [1.29, 1.82) is 5.26 Å². The molecule has 0 bridgehead atoms. The molecule has 0 aliphatic heterocycles. The summed E-state index contributed by atoms with van der Waals surface area (Å²) in [5.41, 5.74) is 6.56. The molecule has 4 nitrogen and oxygen atoms in total. The first-order valence-corrected chi connectivity index (χ1v) is 8.54. The number of nitrogens with one attached hydrogen (secondary N) is 1. The van der Waals surface area contributed by atoms with Gasteiger partial charge in [-0.2, -0.15) is 5.26 Å². The highest BCUT2D eigenvalue weighted by atomic mass is 32.2. The van der Waals surface area contributed by atoms with Crippen molar-refractivity contribution < 1.29 is 0 Å². The average Bonchev–Trinajstić information content (AvgIpc) is 2.73. The first-order valence-electron chi connectivity index (χ1n) is 6.50. The molecular weight excluding hydrogens is 276 g/mol. The molecule has 0 aliphatic carbocycles. The molecule has 0 atom stereocenters. The predicted octanol–water partition coefficient (Wildman–Crippen LogP) is 3.07. The smallest absolute Gasteiger partial charge is 0.131 e. The summed E-state index contributed by atoms with van der Waals surface area (Å²) < 4.78 is 0. The topological polar surface area (TPSA) is 65.1 Å². The molecule has 1 rings (SSSR count). The van der Waals surface area contributed by atoms with Crippen LogP contribution in [0.1, 0.15) is 25.1 Å². The Bertz CT molecular complexity index is 437. The maximum atomic E-state index is 9.01. The molecule has 3 N–H and O–H groups in total. The third kappa shape index (κ3) is 4.30. The van der Waals surface area contributed by atoms with Crippen molar-refractivity contribution in [2.24, 2.45) is 0 Å². The average molecular weight is 298 g/mol. The molecule has 0 unspecified atom stereocenters. The largest absolute Gasteiger partial charge is 0.396 e. The Morgan fingerprint density at radius 2 is 2.16 bits per heavy atom. The van der Waals surface area contributed by atoms with Crippen LogP contribution < -0.4 is 11.1 Å². The van der Waals surface area contributed by atoms with E-state index in [0.717, 1.165) is 36.1 Å². The fraction of sp³-hybridized carbons (Fsp3) is 0.615. The lowest BCUT2D eigenvalue weighted by Gasteiger charge is -2.19. The van der Waals surface area contributed by atoms with Crippen LogP contribution in [0.4, 0.5) is 10.7 Å². The predicted molar refractivity (Wildman–Crippen MR) is 86.1 cm³/mol. The molecule has 6 heteroatoms. The second-order valence-electron chi connectivity index (χ2n) is 4.18. The van der Waals surface area contributed by atoms with Gasteiger partial charge >= 0.3 is 0 Å². The van der Waals surface area contributed by atoms with Crippen molar-refractivity contribution in [3.63, 3.8) is 0 Å². The van der Waals surface area contributed by atoms with E-state index in [-0.39, 0.29) is 0 Å². The zero-order valence-corrected chi connectivity index (χ0v) is 13.5. The van der Waals surface area contributed by atoms with Crippen LogP contribution in [0.5, 0.6) is 0 Å². The number of thioether (sulfide) groups is 1. The van der Waals surface area contributed by atoms with Crippen LogP contribution in [-0.2, 0) is 0 Å². The molecule has 0 radical (unpaired) electrons. The third-order valence-corrected chi connectivity index (χ3v) is 4.94. The maximum Gasteiger partial charge on any atom is 0.131 e. The van der Waals surface area contributed by atoms with Gasteiger partial charge in [-0.25, -0.2) is 0 Å². The van der Waals surface area contributed by atoms with Crippen LogP contribution in [0.15, 0.2) is 4.90 Å². The molecule has 0 saturated heterocycles. The molecule has 1 aromatic heterocycles. The molecule has 0 aliphatic rings. The highest BCUT2D eigenvalue weighted by molar-refractivity contribution is 7.99. The number of anilines is 2. The van der Waals surface area contributed by atoms with Crippen molar-refractivity contribution in [3.8, 4) is 6.07 Å². The van der Waals surface area contributed by atoms with E-state index in [1.807, 2.05) is 6.26 Å². The number of hydrogen-bond acceptors (Lipinski definition) is 6. The number of nitrogens with zero attached hydrogens (tertiary/aromatic N) is 2. The second kappa shape index (κ2) is 8.31. The number of thiophene rings is 1. The summed E-state index contributed by atoms with van der Waals surface area (Å²) in [6.07, 6.45) is 3.16. The van der Waals surface area contributed by atoms with Crippen molar-refractivity contribution in [2.45, 2.75) is 25.2 Å². The van der Waals surface area contributed by atoms with Gasteiger partial charge in [-0.3, -0.25) is 0 Å². The Balaban J connectivity index is 2.60. The Morgan fingerprint density at radius 3 is 2.68 bits per heavy atom. The van der Waals surface area contributed by atoms with Gasteiger partial charge in [0.1, 0.15) is 15.9 Å². The summed E-state index contributed by atoms with van der Waals surface area (Å²) in [4.78, 5) is 4.02. The molecule has 0 amide bonds. The number of nitriles is 1. The van der Waals surface area contributed by atoms with Gasteiger partial charge in [-0.05, 0) is 25.8 Å². The van der Waals surface area contributed by atoms with Crippen LogP contribution >= 0.6 is 23.1 Å². The summed E-state index contributed by atoms with van der Waals surface area (Å²) in [5.74, 6) is 0. The van der Waals surface area contributed by atoms with Crippen LogP contribution in [0, 0.1) is 11.3 Å². The van der Waals surface area contributed by atoms with Gasteiger partial charge in [0.25, 0.3) is 0 Å². The van der Waals surface area contributed by atoms with Crippen LogP contribution in [-0.4, -0.2) is 37.3 Å². The minimum atomic E-state index is 0.604. The summed E-state index contributed by atoms with van der Waals surface area (Å²) in [6, 6.07) is 2.15. The zero-order chi connectivity index (χ0) is 14.3. The Morgan fingerprint density at radius 1 is 1.42 bits per heavy atom. The van der Waals surface area contributed by atoms with Crippen LogP contribution in [0.25, 0.3) is 0 Å². The van der Waals surface area contributed by atoms with Crippen molar-refractivity contribution in [1.82, 2.24) is 4.90 Å². The molecule has 1 aromatic rings. The Labute approximate surface area is 124 Å². The minimum Gasteiger partial charge on any atom is -0.396 e. The van der Waals surface area contributed by atoms with Crippen LogP contribution in [0.3, 0.4) is 0 Å². The van der Waals surface area contributed by atoms with E-state index in [2.05, 4.69) is 30.1 Å². The van der Waals surface area contributed by atoms with Crippen molar-refractivity contribution >= 4 is 33.8 Å². The molecule has 19 heavy (non-hydrogen) atoms. The summed E-state index contributed by atoms with van der Waals surface area (Å²) >= 11 is 3.04. The highest BCUT2D eigenvalue weighted by Crippen LogP contribution is 2.40. The van der Waals surface area contributed by atoms with E-state index in [1.54, 1.807) is 11.8 Å². The number of hydrogen-bond donors (Lipinski definition) is 2. The Kier molecular flexibility index (Phi) is 7.06. The first-order chi connectivity index (χ1) is 9.17. The fourth-order valence-corrected chi connectivity index (χ4v) is 3.76. The fourth-order valence-electron chi connectivity index (χ4n) is 1.90. The van der Waals surface area contributed by atoms with Gasteiger partial charge in [-0.1, -0.05) is 13.8 Å². The maximum absolute atomic E-state index is 9.01. The molecular formula is C13H22N4S2. The van der Waals surface area contributed by atoms with Crippen molar-refractivity contribution in [2.75, 3.05) is 43.5 Å². The van der Waals surface area contributed by atoms with Gasteiger partial charge in [0, 0.05) is 13.1 Å². The molecule has 106 valence electrons. The summed E-state index contributed by atoms with van der Waals surface area (Å²) in [5, 5.41) is 13.4. The lowest BCUT2D eigenvalue weighted by Crippen LogP contribution is -2.29. The first kappa shape index (κ1) is 16.2. The molecule has 0 spiro atoms. The van der Waals surface area contributed by atoms with Crippen LogP contribution in [0.2, 0.25) is 0 Å². The minimum absolute atomic E-state index is 0.604. The second-order valence-corrected chi connectivity index (χ2v) is 6.02. The van der Waals surface area contributed by atoms with E-state index in [9.17, 15) is 0 Å². The standard InChI is InChI=1S/C13H22N4S2/c1-4-7-17(5-2)8-6-16-13-12(18-3)11(15)10(9-14)19-13/h16H,4-8,15H2,1-3H3. The van der Waals surface area contributed by atoms with Gasteiger partial charge in [-0.15, -0.1) is 23.1 Å². The molecule has 0 saturated carbocycles. The van der Waals surface area contributed by atoms with Gasteiger partial charge < -0.3 is 16.0 Å².